The first kappa shape index (κ1) is 13.4. The second kappa shape index (κ2) is 5.33. The van der Waals surface area contributed by atoms with Crippen LogP contribution in [0, 0.1) is 13.8 Å². The predicted molar refractivity (Wildman–Crippen MR) is 79.7 cm³/mol. The molecule has 3 nitrogen and oxygen atoms in total. The van der Waals surface area contributed by atoms with Gasteiger partial charge in [0.25, 0.3) is 5.91 Å². The van der Waals surface area contributed by atoms with Gasteiger partial charge in [-0.05, 0) is 49.2 Å². The van der Waals surface area contributed by atoms with Gasteiger partial charge in [-0.3, -0.25) is 4.79 Å². The van der Waals surface area contributed by atoms with Gasteiger partial charge in [-0.1, -0.05) is 23.7 Å². The SMILES string of the molecule is Cc1cc(C)cc(NC(=O)c2cccc(N)c2Cl)c1. The van der Waals surface area contributed by atoms with Crippen molar-refractivity contribution in [2.24, 2.45) is 0 Å². The maximum Gasteiger partial charge on any atom is 0.257 e. The molecule has 98 valence electrons. The molecule has 2 aromatic carbocycles. The number of aryl methyl sites for hydroxylation is 2. The zero-order valence-corrected chi connectivity index (χ0v) is 11.6. The Hall–Kier alpha value is -2.00. The molecule has 0 heterocycles. The number of amides is 1. The van der Waals surface area contributed by atoms with E-state index in [0.717, 1.165) is 16.8 Å². The van der Waals surface area contributed by atoms with Crippen molar-refractivity contribution in [3.8, 4) is 0 Å². The molecule has 1 amide bonds. The molecule has 0 unspecified atom stereocenters. The summed E-state index contributed by atoms with van der Waals surface area (Å²) in [7, 11) is 0. The number of nitrogens with one attached hydrogen (secondary N) is 1. The van der Waals surface area contributed by atoms with Gasteiger partial charge in [0.15, 0.2) is 0 Å². The van der Waals surface area contributed by atoms with Gasteiger partial charge in [-0.2, -0.15) is 0 Å². The molecule has 19 heavy (non-hydrogen) atoms. The van der Waals surface area contributed by atoms with Gasteiger partial charge in [0.2, 0.25) is 0 Å². The van der Waals surface area contributed by atoms with Gasteiger partial charge in [-0.15, -0.1) is 0 Å². The summed E-state index contributed by atoms with van der Waals surface area (Å²) in [6.45, 7) is 3.96. The van der Waals surface area contributed by atoms with Gasteiger partial charge in [0.05, 0.1) is 16.3 Å². The van der Waals surface area contributed by atoms with Crippen molar-refractivity contribution >= 4 is 28.9 Å². The third kappa shape index (κ3) is 3.06. The summed E-state index contributed by atoms with van der Waals surface area (Å²) >= 11 is 6.03. The van der Waals surface area contributed by atoms with Crippen LogP contribution in [0.1, 0.15) is 21.5 Å². The van der Waals surface area contributed by atoms with E-state index in [2.05, 4.69) is 5.32 Å². The average molecular weight is 275 g/mol. The van der Waals surface area contributed by atoms with E-state index in [1.165, 1.54) is 0 Å². The molecule has 0 bridgehead atoms. The number of carbonyl (C=O) groups excluding carboxylic acids is 1. The quantitative estimate of drug-likeness (QED) is 0.819. The molecule has 0 radical (unpaired) electrons. The van der Waals surface area contributed by atoms with E-state index in [1.54, 1.807) is 18.2 Å². The normalized spacial score (nSPS) is 10.3. The minimum atomic E-state index is -0.262. The molecule has 4 heteroatoms. The molecule has 2 aromatic rings. The Balaban J connectivity index is 2.28. The lowest BCUT2D eigenvalue weighted by molar-refractivity contribution is 0.102. The van der Waals surface area contributed by atoms with E-state index in [0.29, 0.717) is 11.3 Å². The van der Waals surface area contributed by atoms with Crippen LogP contribution in [0.25, 0.3) is 0 Å². The first-order chi connectivity index (χ1) is 8.97. The molecule has 0 saturated carbocycles. The second-order valence-corrected chi connectivity index (χ2v) is 4.92. The maximum atomic E-state index is 12.2. The number of nitrogen functional groups attached to an aromatic ring is 1. The van der Waals surface area contributed by atoms with Crippen molar-refractivity contribution in [3.05, 3.63) is 58.1 Å². The Morgan fingerprint density at radius 1 is 1.16 bits per heavy atom. The molecule has 2 rings (SSSR count). The number of hydrogen-bond donors (Lipinski definition) is 2. The molecule has 0 fully saturated rings. The number of nitrogens with two attached hydrogens (primary N) is 1. The summed E-state index contributed by atoms with van der Waals surface area (Å²) in [4.78, 5) is 12.2. The summed E-state index contributed by atoms with van der Waals surface area (Å²) in [6.07, 6.45) is 0. The van der Waals surface area contributed by atoms with Crippen LogP contribution in [0.5, 0.6) is 0 Å². The highest BCUT2D eigenvalue weighted by molar-refractivity contribution is 6.36. The summed E-state index contributed by atoms with van der Waals surface area (Å²) in [5.41, 5.74) is 9.40. The highest BCUT2D eigenvalue weighted by Crippen LogP contribution is 2.24. The van der Waals surface area contributed by atoms with Crippen LogP contribution in [0.3, 0.4) is 0 Å². The monoisotopic (exact) mass is 274 g/mol. The van der Waals surface area contributed by atoms with E-state index in [-0.39, 0.29) is 10.9 Å². The summed E-state index contributed by atoms with van der Waals surface area (Å²) in [6, 6.07) is 10.9. The Morgan fingerprint density at radius 3 is 2.42 bits per heavy atom. The molecule has 3 N–H and O–H groups in total. The minimum Gasteiger partial charge on any atom is -0.398 e. The number of halogens is 1. The van der Waals surface area contributed by atoms with E-state index in [9.17, 15) is 4.79 Å². The smallest absolute Gasteiger partial charge is 0.257 e. The minimum absolute atomic E-state index is 0.262. The fraction of sp³-hybridized carbons (Fsp3) is 0.133. The van der Waals surface area contributed by atoms with Crippen LogP contribution in [0.4, 0.5) is 11.4 Å². The lowest BCUT2D eigenvalue weighted by Crippen LogP contribution is -2.13. The molecule has 0 aliphatic carbocycles. The number of rotatable bonds is 2. The Bertz CT molecular complexity index is 618. The molecular formula is C15H15ClN2O. The highest BCUT2D eigenvalue weighted by Gasteiger charge is 2.12. The number of hydrogen-bond acceptors (Lipinski definition) is 2. The molecule has 0 spiro atoms. The Kier molecular flexibility index (Phi) is 3.76. The van der Waals surface area contributed by atoms with Gasteiger partial charge >= 0.3 is 0 Å². The van der Waals surface area contributed by atoms with E-state index in [1.807, 2.05) is 32.0 Å². The van der Waals surface area contributed by atoms with Crippen molar-refractivity contribution in [2.75, 3.05) is 11.1 Å². The van der Waals surface area contributed by atoms with Crippen molar-refractivity contribution in [1.29, 1.82) is 0 Å². The number of benzene rings is 2. The van der Waals surface area contributed by atoms with Gasteiger partial charge in [0, 0.05) is 5.69 Å². The largest absolute Gasteiger partial charge is 0.398 e. The van der Waals surface area contributed by atoms with Gasteiger partial charge < -0.3 is 11.1 Å². The number of anilines is 2. The first-order valence-electron chi connectivity index (χ1n) is 5.91. The fourth-order valence-corrected chi connectivity index (χ4v) is 2.18. The van der Waals surface area contributed by atoms with Crippen LogP contribution >= 0.6 is 11.6 Å². The average Bonchev–Trinajstić information content (AvgIpc) is 2.31. The van der Waals surface area contributed by atoms with E-state index in [4.69, 9.17) is 17.3 Å². The fourth-order valence-electron chi connectivity index (χ4n) is 1.97. The standard InChI is InChI=1S/C15H15ClN2O/c1-9-6-10(2)8-11(7-9)18-15(19)12-4-3-5-13(17)14(12)16/h3-8H,17H2,1-2H3,(H,18,19). The highest BCUT2D eigenvalue weighted by atomic mass is 35.5. The summed E-state index contributed by atoms with van der Waals surface area (Å²) in [5.74, 6) is -0.262. The summed E-state index contributed by atoms with van der Waals surface area (Å²) < 4.78 is 0. The Labute approximate surface area is 117 Å². The van der Waals surface area contributed by atoms with Crippen molar-refractivity contribution in [2.45, 2.75) is 13.8 Å². The zero-order valence-electron chi connectivity index (χ0n) is 10.8. The summed E-state index contributed by atoms with van der Waals surface area (Å²) in [5, 5.41) is 3.11. The molecule has 0 atom stereocenters. The van der Waals surface area contributed by atoms with Crippen LogP contribution in [0.15, 0.2) is 36.4 Å². The Morgan fingerprint density at radius 2 is 1.79 bits per heavy atom. The van der Waals surface area contributed by atoms with Crippen molar-refractivity contribution in [1.82, 2.24) is 0 Å². The predicted octanol–water partition coefficient (Wildman–Crippen LogP) is 3.79. The van der Waals surface area contributed by atoms with Crippen LogP contribution < -0.4 is 11.1 Å². The third-order valence-electron chi connectivity index (χ3n) is 2.75. The molecule has 0 aliphatic rings. The van der Waals surface area contributed by atoms with Crippen LogP contribution in [-0.4, -0.2) is 5.91 Å². The van der Waals surface area contributed by atoms with Gasteiger partial charge in [0.1, 0.15) is 0 Å². The lowest BCUT2D eigenvalue weighted by Gasteiger charge is -2.09. The van der Waals surface area contributed by atoms with E-state index >= 15 is 0 Å². The molecular weight excluding hydrogens is 260 g/mol. The van der Waals surface area contributed by atoms with Crippen molar-refractivity contribution in [3.63, 3.8) is 0 Å². The van der Waals surface area contributed by atoms with Gasteiger partial charge in [-0.25, -0.2) is 0 Å². The topological polar surface area (TPSA) is 55.1 Å². The lowest BCUT2D eigenvalue weighted by atomic mass is 10.1. The van der Waals surface area contributed by atoms with Crippen molar-refractivity contribution < 1.29 is 4.79 Å². The van der Waals surface area contributed by atoms with Crippen LogP contribution in [-0.2, 0) is 0 Å². The first-order valence-corrected chi connectivity index (χ1v) is 6.29. The third-order valence-corrected chi connectivity index (χ3v) is 3.17. The molecule has 0 aromatic heterocycles. The van der Waals surface area contributed by atoms with Crippen LogP contribution in [0.2, 0.25) is 5.02 Å². The zero-order chi connectivity index (χ0) is 14.0. The van der Waals surface area contributed by atoms with E-state index < -0.39 is 0 Å². The second-order valence-electron chi connectivity index (χ2n) is 4.54. The molecule has 0 aliphatic heterocycles. The number of carbonyl (C=O) groups is 1. The molecule has 0 saturated heterocycles. The maximum absolute atomic E-state index is 12.2.